The molecule has 0 aliphatic rings. The Bertz CT molecular complexity index is 613. The molecule has 21 heavy (non-hydrogen) atoms. The van der Waals surface area contributed by atoms with Gasteiger partial charge < -0.3 is 10.0 Å². The van der Waals surface area contributed by atoms with Gasteiger partial charge in [-0.1, -0.05) is 24.3 Å². The van der Waals surface area contributed by atoms with Crippen molar-refractivity contribution in [1.29, 1.82) is 0 Å². The van der Waals surface area contributed by atoms with Crippen LogP contribution in [-0.2, 0) is 19.6 Å². The molecule has 0 aromatic heterocycles. The highest BCUT2D eigenvalue weighted by atomic mass is 32.2. The lowest BCUT2D eigenvalue weighted by molar-refractivity contribution is -0.143. The molecule has 0 saturated carbocycles. The average Bonchev–Trinajstić information content (AvgIpc) is 2.45. The van der Waals surface area contributed by atoms with Gasteiger partial charge in [0.15, 0.2) is 0 Å². The first-order chi connectivity index (χ1) is 9.86. The SMILES string of the molecule is C=CCN(CC(=O)O)C(=O)CNS(=O)(=O)c1ccccc1. The highest BCUT2D eigenvalue weighted by molar-refractivity contribution is 7.89. The largest absolute Gasteiger partial charge is 0.480 e. The molecule has 1 rings (SSSR count). The molecule has 0 spiro atoms. The fraction of sp³-hybridized carbons (Fsp3) is 0.231. The lowest BCUT2D eigenvalue weighted by Crippen LogP contribution is -2.42. The van der Waals surface area contributed by atoms with E-state index in [0.717, 1.165) is 4.90 Å². The van der Waals surface area contributed by atoms with Gasteiger partial charge in [0.1, 0.15) is 6.54 Å². The molecule has 0 aliphatic heterocycles. The van der Waals surface area contributed by atoms with E-state index < -0.39 is 35.0 Å². The summed E-state index contributed by atoms with van der Waals surface area (Å²) in [6.07, 6.45) is 1.37. The Hall–Kier alpha value is -2.19. The number of amides is 1. The topological polar surface area (TPSA) is 104 Å². The zero-order valence-electron chi connectivity index (χ0n) is 11.2. The van der Waals surface area contributed by atoms with Gasteiger partial charge in [0.2, 0.25) is 15.9 Å². The van der Waals surface area contributed by atoms with E-state index in [-0.39, 0.29) is 11.4 Å². The second-order valence-electron chi connectivity index (χ2n) is 4.09. The molecule has 1 aromatic rings. The summed E-state index contributed by atoms with van der Waals surface area (Å²) in [6, 6.07) is 7.58. The molecule has 0 radical (unpaired) electrons. The monoisotopic (exact) mass is 312 g/mol. The van der Waals surface area contributed by atoms with Gasteiger partial charge in [0.05, 0.1) is 11.4 Å². The Morgan fingerprint density at radius 3 is 2.43 bits per heavy atom. The summed E-state index contributed by atoms with van der Waals surface area (Å²) in [6.45, 7) is 2.42. The van der Waals surface area contributed by atoms with Crippen LogP contribution in [0.15, 0.2) is 47.9 Å². The number of carbonyl (C=O) groups is 2. The lowest BCUT2D eigenvalue weighted by Gasteiger charge is -2.19. The minimum atomic E-state index is -3.80. The Labute approximate surface area is 122 Å². The number of carboxylic acid groups (broad SMARTS) is 1. The Kier molecular flexibility index (Phi) is 6.07. The quantitative estimate of drug-likeness (QED) is 0.661. The van der Waals surface area contributed by atoms with Gasteiger partial charge in [0.25, 0.3) is 0 Å². The van der Waals surface area contributed by atoms with E-state index in [1.165, 1.54) is 18.2 Å². The first-order valence-electron chi connectivity index (χ1n) is 6.02. The van der Waals surface area contributed by atoms with Crippen LogP contribution in [0.3, 0.4) is 0 Å². The Morgan fingerprint density at radius 1 is 1.29 bits per heavy atom. The van der Waals surface area contributed by atoms with Crippen LogP contribution in [0.2, 0.25) is 0 Å². The normalized spacial score (nSPS) is 10.9. The van der Waals surface area contributed by atoms with Crippen LogP contribution < -0.4 is 4.72 Å². The van der Waals surface area contributed by atoms with Crippen molar-refractivity contribution in [2.75, 3.05) is 19.6 Å². The number of aliphatic carboxylic acids is 1. The minimum absolute atomic E-state index is 0.0260. The summed E-state index contributed by atoms with van der Waals surface area (Å²) < 4.78 is 26.0. The van der Waals surface area contributed by atoms with Crippen LogP contribution in [0, 0.1) is 0 Å². The molecular weight excluding hydrogens is 296 g/mol. The first kappa shape index (κ1) is 16.9. The number of benzene rings is 1. The fourth-order valence-electron chi connectivity index (χ4n) is 1.53. The summed E-state index contributed by atoms with van der Waals surface area (Å²) in [5.41, 5.74) is 0. The lowest BCUT2D eigenvalue weighted by atomic mass is 10.4. The maximum Gasteiger partial charge on any atom is 0.323 e. The Balaban J connectivity index is 2.70. The number of carboxylic acids is 1. The van der Waals surface area contributed by atoms with Gasteiger partial charge in [-0.15, -0.1) is 6.58 Å². The maximum absolute atomic E-state index is 11.9. The number of carbonyl (C=O) groups excluding carboxylic acids is 1. The van der Waals surface area contributed by atoms with Gasteiger partial charge in [-0.2, -0.15) is 0 Å². The molecule has 1 aromatic carbocycles. The van der Waals surface area contributed by atoms with Gasteiger partial charge >= 0.3 is 5.97 Å². The number of hydrogen-bond acceptors (Lipinski definition) is 4. The van der Waals surface area contributed by atoms with E-state index in [9.17, 15) is 18.0 Å². The summed E-state index contributed by atoms with van der Waals surface area (Å²) in [7, 11) is -3.80. The van der Waals surface area contributed by atoms with Gasteiger partial charge in [0, 0.05) is 6.54 Å². The number of nitrogens with one attached hydrogen (secondary N) is 1. The summed E-state index contributed by atoms with van der Waals surface area (Å²) in [4.78, 5) is 23.5. The third-order valence-electron chi connectivity index (χ3n) is 2.50. The predicted octanol–water partition coefficient (Wildman–Crippen LogP) is 0.0641. The van der Waals surface area contributed by atoms with Crippen LogP contribution in [0.4, 0.5) is 0 Å². The van der Waals surface area contributed by atoms with Gasteiger partial charge in [-0.05, 0) is 12.1 Å². The zero-order chi connectivity index (χ0) is 15.9. The molecule has 8 heteroatoms. The van der Waals surface area contributed by atoms with Crippen molar-refractivity contribution in [2.24, 2.45) is 0 Å². The Morgan fingerprint density at radius 2 is 1.90 bits per heavy atom. The standard InChI is InChI=1S/C13H16N2O5S/c1-2-8-15(10-13(17)18)12(16)9-14-21(19,20)11-6-4-3-5-7-11/h2-7,14H,1,8-10H2,(H,17,18). The molecule has 0 heterocycles. The number of hydrogen-bond donors (Lipinski definition) is 2. The van der Waals surface area contributed by atoms with Crippen molar-refractivity contribution < 1.29 is 23.1 Å². The molecule has 114 valence electrons. The molecule has 1 amide bonds. The predicted molar refractivity (Wildman–Crippen MR) is 76.0 cm³/mol. The minimum Gasteiger partial charge on any atom is -0.480 e. The second-order valence-corrected chi connectivity index (χ2v) is 5.86. The molecule has 0 fully saturated rings. The van der Waals surface area contributed by atoms with Gasteiger partial charge in [-0.25, -0.2) is 13.1 Å². The smallest absolute Gasteiger partial charge is 0.323 e. The number of sulfonamides is 1. The van der Waals surface area contributed by atoms with E-state index in [4.69, 9.17) is 5.11 Å². The summed E-state index contributed by atoms with van der Waals surface area (Å²) >= 11 is 0. The van der Waals surface area contributed by atoms with Crippen molar-refractivity contribution in [3.63, 3.8) is 0 Å². The number of rotatable bonds is 8. The van der Waals surface area contributed by atoms with Crippen molar-refractivity contribution in [3.05, 3.63) is 43.0 Å². The van der Waals surface area contributed by atoms with Crippen molar-refractivity contribution >= 4 is 21.9 Å². The molecule has 0 bridgehead atoms. The van der Waals surface area contributed by atoms with Crippen LogP contribution in [0.5, 0.6) is 0 Å². The molecular formula is C13H16N2O5S. The van der Waals surface area contributed by atoms with Gasteiger partial charge in [-0.3, -0.25) is 9.59 Å². The van der Waals surface area contributed by atoms with Crippen LogP contribution in [-0.4, -0.2) is 49.9 Å². The third-order valence-corrected chi connectivity index (χ3v) is 3.91. The van der Waals surface area contributed by atoms with Crippen molar-refractivity contribution in [2.45, 2.75) is 4.90 Å². The first-order valence-corrected chi connectivity index (χ1v) is 7.50. The van der Waals surface area contributed by atoms with E-state index in [1.807, 2.05) is 0 Å². The highest BCUT2D eigenvalue weighted by Gasteiger charge is 2.19. The van der Waals surface area contributed by atoms with Crippen LogP contribution >= 0.6 is 0 Å². The van der Waals surface area contributed by atoms with Crippen molar-refractivity contribution in [3.8, 4) is 0 Å². The highest BCUT2D eigenvalue weighted by Crippen LogP contribution is 2.06. The van der Waals surface area contributed by atoms with E-state index in [0.29, 0.717) is 0 Å². The van der Waals surface area contributed by atoms with Crippen LogP contribution in [0.1, 0.15) is 0 Å². The van der Waals surface area contributed by atoms with E-state index >= 15 is 0 Å². The van der Waals surface area contributed by atoms with Crippen LogP contribution in [0.25, 0.3) is 0 Å². The van der Waals surface area contributed by atoms with Crippen molar-refractivity contribution in [1.82, 2.24) is 9.62 Å². The third kappa shape index (κ3) is 5.36. The van der Waals surface area contributed by atoms with E-state index in [2.05, 4.69) is 11.3 Å². The molecule has 2 N–H and O–H groups in total. The molecule has 0 atom stereocenters. The molecule has 0 unspecified atom stereocenters. The maximum atomic E-state index is 11.9. The van der Waals surface area contributed by atoms with E-state index in [1.54, 1.807) is 18.2 Å². The second kappa shape index (κ2) is 7.55. The average molecular weight is 312 g/mol. The molecule has 0 saturated heterocycles. The molecule has 7 nitrogen and oxygen atoms in total. The summed E-state index contributed by atoms with van der Waals surface area (Å²) in [5, 5.41) is 8.70. The number of nitrogens with zero attached hydrogens (tertiary/aromatic N) is 1. The zero-order valence-corrected chi connectivity index (χ0v) is 12.0. The molecule has 0 aliphatic carbocycles. The summed E-state index contributed by atoms with van der Waals surface area (Å²) in [5.74, 6) is -1.83. The fourth-order valence-corrected chi connectivity index (χ4v) is 2.52.